The molecule has 1 aromatic rings. The summed E-state index contributed by atoms with van der Waals surface area (Å²) in [6, 6.07) is 2.55. The lowest BCUT2D eigenvalue weighted by Gasteiger charge is -2.12. The van der Waals surface area contributed by atoms with Crippen LogP contribution in [0.4, 0.5) is 0 Å². The van der Waals surface area contributed by atoms with Gasteiger partial charge in [0.2, 0.25) is 0 Å². The number of aromatic nitrogens is 2. The second-order valence-corrected chi connectivity index (χ2v) is 6.15. The summed E-state index contributed by atoms with van der Waals surface area (Å²) >= 11 is 0. The van der Waals surface area contributed by atoms with Gasteiger partial charge in [-0.25, -0.2) is 0 Å². The number of nitrogens with two attached hydrogens (primary N) is 1. The molecule has 2 aliphatic rings. The molecular weight excluding hydrogens is 222 g/mol. The fourth-order valence-corrected chi connectivity index (χ4v) is 4.10. The van der Waals surface area contributed by atoms with Crippen LogP contribution in [-0.4, -0.2) is 15.8 Å². The minimum atomic E-state index is 0.347. The van der Waals surface area contributed by atoms with E-state index in [0.29, 0.717) is 6.04 Å². The van der Waals surface area contributed by atoms with Crippen molar-refractivity contribution in [3.8, 4) is 0 Å². The van der Waals surface area contributed by atoms with Crippen molar-refractivity contribution in [1.82, 2.24) is 9.78 Å². The van der Waals surface area contributed by atoms with E-state index in [-0.39, 0.29) is 0 Å². The first-order valence-electron chi connectivity index (χ1n) is 7.49. The highest BCUT2D eigenvalue weighted by Gasteiger charge is 2.53. The largest absolute Gasteiger partial charge is 0.327 e. The third-order valence-corrected chi connectivity index (χ3v) is 4.95. The van der Waals surface area contributed by atoms with Gasteiger partial charge in [-0.05, 0) is 50.5 Å². The average molecular weight is 247 g/mol. The average Bonchev–Trinajstić information content (AvgIpc) is 2.99. The molecule has 0 saturated heterocycles. The first-order chi connectivity index (χ1) is 8.70. The van der Waals surface area contributed by atoms with Crippen LogP contribution in [0.3, 0.4) is 0 Å². The molecule has 0 amide bonds. The fraction of sp³-hybridized carbons (Fsp3) is 0.800. The second-order valence-electron chi connectivity index (χ2n) is 6.15. The number of aryl methyl sites for hydroxylation is 2. The van der Waals surface area contributed by atoms with Gasteiger partial charge < -0.3 is 5.73 Å². The maximum absolute atomic E-state index is 6.46. The quantitative estimate of drug-likeness (QED) is 0.888. The zero-order valence-electron chi connectivity index (χ0n) is 11.6. The summed E-state index contributed by atoms with van der Waals surface area (Å²) in [5.74, 6) is 2.70. The highest BCUT2D eigenvalue weighted by molar-refractivity contribution is 5.13. The monoisotopic (exact) mass is 247 g/mol. The number of rotatable bonds is 4. The maximum Gasteiger partial charge on any atom is 0.0596 e. The summed E-state index contributed by atoms with van der Waals surface area (Å²) in [7, 11) is 0. The normalized spacial score (nSPS) is 32.1. The molecule has 0 spiro atoms. The van der Waals surface area contributed by atoms with Crippen molar-refractivity contribution in [2.24, 2.45) is 23.5 Å². The molecule has 2 aliphatic carbocycles. The highest BCUT2D eigenvalue weighted by atomic mass is 15.3. The van der Waals surface area contributed by atoms with Crippen molar-refractivity contribution in [3.05, 3.63) is 17.5 Å². The van der Waals surface area contributed by atoms with E-state index in [9.17, 15) is 0 Å². The Morgan fingerprint density at radius 1 is 1.39 bits per heavy atom. The van der Waals surface area contributed by atoms with E-state index in [1.165, 1.54) is 31.4 Å². The van der Waals surface area contributed by atoms with Crippen LogP contribution in [0, 0.1) is 24.7 Å². The molecule has 3 rings (SSSR count). The second kappa shape index (κ2) is 4.69. The molecule has 0 aromatic carbocycles. The van der Waals surface area contributed by atoms with Crippen LogP contribution in [-0.2, 0) is 13.0 Å². The van der Waals surface area contributed by atoms with Crippen LogP contribution in [0.2, 0.25) is 0 Å². The summed E-state index contributed by atoms with van der Waals surface area (Å²) in [5, 5.41) is 4.51. The van der Waals surface area contributed by atoms with Crippen molar-refractivity contribution < 1.29 is 0 Å². The lowest BCUT2D eigenvalue weighted by atomic mass is 10.0. The van der Waals surface area contributed by atoms with Gasteiger partial charge in [-0.2, -0.15) is 5.10 Å². The Balaban J connectivity index is 1.65. The van der Waals surface area contributed by atoms with Crippen molar-refractivity contribution >= 4 is 0 Å². The molecule has 0 aliphatic heterocycles. The summed E-state index contributed by atoms with van der Waals surface area (Å²) in [4.78, 5) is 0. The van der Waals surface area contributed by atoms with E-state index in [4.69, 9.17) is 5.73 Å². The van der Waals surface area contributed by atoms with E-state index >= 15 is 0 Å². The lowest BCUT2D eigenvalue weighted by Crippen LogP contribution is -2.28. The predicted octanol–water partition coefficient (Wildman–Crippen LogP) is 2.52. The molecule has 3 nitrogen and oxygen atoms in total. The molecule has 1 aromatic heterocycles. The molecule has 3 heteroatoms. The van der Waals surface area contributed by atoms with Gasteiger partial charge in [-0.1, -0.05) is 12.8 Å². The van der Waals surface area contributed by atoms with Crippen LogP contribution < -0.4 is 5.73 Å². The summed E-state index contributed by atoms with van der Waals surface area (Å²) < 4.78 is 2.11. The number of fused-ring (bicyclic) bond motifs is 1. The summed E-state index contributed by atoms with van der Waals surface area (Å²) in [6.45, 7) is 5.17. The van der Waals surface area contributed by atoms with Gasteiger partial charge in [-0.15, -0.1) is 0 Å². The molecule has 1 heterocycles. The molecule has 2 N–H and O–H groups in total. The van der Waals surface area contributed by atoms with Gasteiger partial charge in [-0.3, -0.25) is 4.68 Å². The molecular formula is C15H25N3. The molecule has 3 atom stereocenters. The molecule has 100 valence electrons. The van der Waals surface area contributed by atoms with Gasteiger partial charge in [0.15, 0.2) is 0 Å². The number of hydrogen-bond acceptors (Lipinski definition) is 2. The fourth-order valence-electron chi connectivity index (χ4n) is 4.10. The molecule has 3 unspecified atom stereocenters. The van der Waals surface area contributed by atoms with E-state index in [2.05, 4.69) is 29.7 Å². The third-order valence-electron chi connectivity index (χ3n) is 4.95. The lowest BCUT2D eigenvalue weighted by molar-refractivity contribution is 0.480. The molecule has 0 radical (unpaired) electrons. The Kier molecular flexibility index (Phi) is 3.18. The minimum Gasteiger partial charge on any atom is -0.327 e. The maximum atomic E-state index is 6.46. The Hall–Kier alpha value is -0.830. The van der Waals surface area contributed by atoms with E-state index in [0.717, 1.165) is 36.4 Å². The zero-order chi connectivity index (χ0) is 12.7. The Morgan fingerprint density at radius 3 is 2.67 bits per heavy atom. The van der Waals surface area contributed by atoms with Gasteiger partial charge in [0.1, 0.15) is 0 Å². The van der Waals surface area contributed by atoms with E-state index < -0.39 is 0 Å². The first-order valence-corrected chi connectivity index (χ1v) is 7.49. The van der Waals surface area contributed by atoms with Crippen molar-refractivity contribution in [3.63, 3.8) is 0 Å². The first kappa shape index (κ1) is 12.2. The molecule has 2 fully saturated rings. The number of hydrogen-bond donors (Lipinski definition) is 1. The molecule has 0 bridgehead atoms. The van der Waals surface area contributed by atoms with Gasteiger partial charge in [0.25, 0.3) is 0 Å². The SMILES string of the molecule is CCn1nc(C)cc1CC(N)C1C2CCCCC21. The highest BCUT2D eigenvalue weighted by Crippen LogP contribution is 2.56. The van der Waals surface area contributed by atoms with E-state index in [1.807, 2.05) is 0 Å². The molecule has 18 heavy (non-hydrogen) atoms. The minimum absolute atomic E-state index is 0.347. The van der Waals surface area contributed by atoms with Crippen molar-refractivity contribution in [2.75, 3.05) is 0 Å². The van der Waals surface area contributed by atoms with Crippen LogP contribution >= 0.6 is 0 Å². The van der Waals surface area contributed by atoms with Crippen molar-refractivity contribution in [1.29, 1.82) is 0 Å². The van der Waals surface area contributed by atoms with Gasteiger partial charge in [0.05, 0.1) is 5.69 Å². The van der Waals surface area contributed by atoms with Crippen molar-refractivity contribution in [2.45, 2.75) is 58.5 Å². The smallest absolute Gasteiger partial charge is 0.0596 e. The van der Waals surface area contributed by atoms with Crippen LogP contribution in [0.25, 0.3) is 0 Å². The van der Waals surface area contributed by atoms with Gasteiger partial charge in [0, 0.05) is 24.7 Å². The van der Waals surface area contributed by atoms with Crippen LogP contribution in [0.15, 0.2) is 6.07 Å². The Morgan fingerprint density at radius 2 is 2.06 bits per heavy atom. The zero-order valence-corrected chi connectivity index (χ0v) is 11.6. The van der Waals surface area contributed by atoms with Crippen LogP contribution in [0.5, 0.6) is 0 Å². The Bertz CT molecular complexity index is 411. The topological polar surface area (TPSA) is 43.8 Å². The summed E-state index contributed by atoms with van der Waals surface area (Å²) in [5.41, 5.74) is 8.91. The van der Waals surface area contributed by atoms with Gasteiger partial charge >= 0.3 is 0 Å². The standard InChI is InChI=1S/C15H25N3/c1-3-18-11(8-10(2)17-18)9-14(16)15-12-6-4-5-7-13(12)15/h8,12-15H,3-7,9,16H2,1-2H3. The van der Waals surface area contributed by atoms with E-state index in [1.54, 1.807) is 0 Å². The third kappa shape index (κ3) is 2.09. The Labute approximate surface area is 110 Å². The number of nitrogens with zero attached hydrogens (tertiary/aromatic N) is 2. The summed E-state index contributed by atoms with van der Waals surface area (Å²) in [6.07, 6.45) is 6.71. The predicted molar refractivity (Wildman–Crippen MR) is 73.3 cm³/mol. The van der Waals surface area contributed by atoms with Crippen LogP contribution in [0.1, 0.15) is 44.0 Å². The molecule has 2 saturated carbocycles.